The Kier molecular flexibility index (Phi) is 3.71. The summed E-state index contributed by atoms with van der Waals surface area (Å²) >= 11 is 5.94. The molecule has 3 N–H and O–H groups in total. The van der Waals surface area contributed by atoms with Gasteiger partial charge in [0.2, 0.25) is 0 Å². The molecule has 5 nitrogen and oxygen atoms in total. The van der Waals surface area contributed by atoms with Gasteiger partial charge in [0.05, 0.1) is 5.52 Å². The number of aromatic nitrogens is 1. The van der Waals surface area contributed by atoms with Gasteiger partial charge in [-0.3, -0.25) is 0 Å². The number of aliphatic carboxylic acids is 1. The van der Waals surface area contributed by atoms with Gasteiger partial charge >= 0.3 is 5.97 Å². The minimum atomic E-state index is -1.94. The molecule has 6 heteroatoms. The molecular formula is C13H12ClNO4. The molecule has 2 unspecified atom stereocenters. The second-order valence-electron chi connectivity index (χ2n) is 4.24. The Morgan fingerprint density at radius 2 is 2.05 bits per heavy atom. The van der Waals surface area contributed by atoms with E-state index in [1.165, 1.54) is 6.07 Å². The monoisotopic (exact) mass is 281 g/mol. The Morgan fingerprint density at radius 3 is 2.68 bits per heavy atom. The summed E-state index contributed by atoms with van der Waals surface area (Å²) in [4.78, 5) is 14.8. The highest BCUT2D eigenvalue weighted by atomic mass is 35.5. The number of carboxylic acid groups (broad SMARTS) is 1. The molecule has 100 valence electrons. The number of fused-ring (bicyclic) bond motifs is 1. The van der Waals surface area contributed by atoms with E-state index in [4.69, 9.17) is 16.7 Å². The van der Waals surface area contributed by atoms with Crippen LogP contribution >= 0.6 is 11.6 Å². The van der Waals surface area contributed by atoms with Gasteiger partial charge in [0, 0.05) is 10.9 Å². The van der Waals surface area contributed by atoms with Crippen LogP contribution in [0.5, 0.6) is 0 Å². The summed E-state index contributed by atoms with van der Waals surface area (Å²) in [5, 5.41) is 28.6. The fourth-order valence-electron chi connectivity index (χ4n) is 1.85. The average molecular weight is 282 g/mol. The summed E-state index contributed by atoms with van der Waals surface area (Å²) < 4.78 is 0. The third-order valence-electron chi connectivity index (χ3n) is 2.90. The molecule has 2 rings (SSSR count). The molecule has 0 bridgehead atoms. The van der Waals surface area contributed by atoms with E-state index >= 15 is 0 Å². The van der Waals surface area contributed by atoms with Crippen molar-refractivity contribution in [3.63, 3.8) is 0 Å². The number of rotatable bonds is 3. The molecular weight excluding hydrogens is 270 g/mol. The zero-order chi connectivity index (χ0) is 14.2. The molecule has 0 saturated heterocycles. The summed E-state index contributed by atoms with van der Waals surface area (Å²) in [6.07, 6.45) is -3.57. The quantitative estimate of drug-likeness (QED) is 0.745. The van der Waals surface area contributed by atoms with Gasteiger partial charge in [-0.25, -0.2) is 9.78 Å². The van der Waals surface area contributed by atoms with Gasteiger partial charge in [0.25, 0.3) is 0 Å². The maximum Gasteiger partial charge on any atom is 0.335 e. The number of halogens is 1. The SMILES string of the molecule is Cc1cccc2cc(C(O)C(O)C(=O)O)c(Cl)nc12. The van der Waals surface area contributed by atoms with Crippen molar-refractivity contribution in [1.29, 1.82) is 0 Å². The molecule has 0 spiro atoms. The standard InChI is InChI=1S/C13H12ClNO4/c1-6-3-2-4-7-5-8(12(14)15-9(6)7)10(16)11(17)13(18)19/h2-5,10-11,16-17H,1H3,(H,18,19). The number of nitrogens with zero attached hydrogens (tertiary/aromatic N) is 1. The number of hydrogen-bond donors (Lipinski definition) is 3. The summed E-state index contributed by atoms with van der Waals surface area (Å²) in [5.41, 5.74) is 1.68. The van der Waals surface area contributed by atoms with E-state index in [1.54, 1.807) is 6.07 Å². The van der Waals surface area contributed by atoms with Crippen LogP contribution in [0.4, 0.5) is 0 Å². The number of pyridine rings is 1. The van der Waals surface area contributed by atoms with E-state index in [0.29, 0.717) is 5.52 Å². The van der Waals surface area contributed by atoms with E-state index in [9.17, 15) is 15.0 Å². The van der Waals surface area contributed by atoms with Crippen LogP contribution < -0.4 is 0 Å². The highest BCUT2D eigenvalue weighted by Gasteiger charge is 2.27. The smallest absolute Gasteiger partial charge is 0.335 e. The molecule has 1 aromatic heterocycles. The van der Waals surface area contributed by atoms with E-state index in [-0.39, 0.29) is 10.7 Å². The maximum absolute atomic E-state index is 10.7. The lowest BCUT2D eigenvalue weighted by Gasteiger charge is -2.16. The number of benzene rings is 1. The lowest BCUT2D eigenvalue weighted by atomic mass is 10.0. The number of hydrogen-bond acceptors (Lipinski definition) is 4. The molecule has 1 aromatic carbocycles. The van der Waals surface area contributed by atoms with Crippen LogP contribution in [-0.2, 0) is 4.79 Å². The lowest BCUT2D eigenvalue weighted by Crippen LogP contribution is -2.27. The predicted molar refractivity (Wildman–Crippen MR) is 70.1 cm³/mol. The molecule has 2 aromatic rings. The van der Waals surface area contributed by atoms with Crippen molar-refractivity contribution in [3.8, 4) is 0 Å². The topological polar surface area (TPSA) is 90.7 Å². The number of aryl methyl sites for hydroxylation is 1. The van der Waals surface area contributed by atoms with Crippen LogP contribution in [0, 0.1) is 6.92 Å². The number of carboxylic acids is 1. The molecule has 0 saturated carbocycles. The fraction of sp³-hybridized carbons (Fsp3) is 0.231. The van der Waals surface area contributed by atoms with Crippen molar-refractivity contribution >= 4 is 28.5 Å². The molecule has 0 aliphatic carbocycles. The second kappa shape index (κ2) is 5.13. The molecule has 0 aliphatic heterocycles. The van der Waals surface area contributed by atoms with Crippen LogP contribution in [0.2, 0.25) is 5.15 Å². The Balaban J connectivity index is 2.56. The predicted octanol–water partition coefficient (Wildman–Crippen LogP) is 1.68. The Hall–Kier alpha value is -1.69. The minimum Gasteiger partial charge on any atom is -0.479 e. The molecule has 19 heavy (non-hydrogen) atoms. The van der Waals surface area contributed by atoms with Crippen molar-refractivity contribution in [2.75, 3.05) is 0 Å². The molecule has 2 atom stereocenters. The maximum atomic E-state index is 10.7. The van der Waals surface area contributed by atoms with E-state index in [1.807, 2.05) is 19.1 Å². The van der Waals surface area contributed by atoms with Gasteiger partial charge in [0.15, 0.2) is 6.10 Å². The van der Waals surface area contributed by atoms with Gasteiger partial charge in [-0.1, -0.05) is 29.8 Å². The normalized spacial score (nSPS) is 14.3. The first-order valence-electron chi connectivity index (χ1n) is 5.56. The summed E-state index contributed by atoms with van der Waals surface area (Å²) in [6.45, 7) is 1.87. The third kappa shape index (κ3) is 2.53. The number of aliphatic hydroxyl groups is 2. The molecule has 0 aliphatic rings. The van der Waals surface area contributed by atoms with Crippen LogP contribution in [0.3, 0.4) is 0 Å². The van der Waals surface area contributed by atoms with Crippen molar-refractivity contribution < 1.29 is 20.1 Å². The van der Waals surface area contributed by atoms with Crippen molar-refractivity contribution in [2.45, 2.75) is 19.1 Å². The third-order valence-corrected chi connectivity index (χ3v) is 3.20. The molecule has 0 radical (unpaired) electrons. The first-order valence-corrected chi connectivity index (χ1v) is 5.94. The highest BCUT2D eigenvalue weighted by Crippen LogP contribution is 2.28. The lowest BCUT2D eigenvalue weighted by molar-refractivity contribution is -0.153. The fourth-order valence-corrected chi connectivity index (χ4v) is 2.10. The van der Waals surface area contributed by atoms with Crippen molar-refractivity contribution in [1.82, 2.24) is 4.98 Å². The van der Waals surface area contributed by atoms with Crippen LogP contribution in [0.25, 0.3) is 10.9 Å². The number of para-hydroxylation sites is 1. The Labute approximate surface area is 114 Å². The highest BCUT2D eigenvalue weighted by molar-refractivity contribution is 6.30. The molecule has 1 heterocycles. The van der Waals surface area contributed by atoms with Crippen LogP contribution in [0.15, 0.2) is 24.3 Å². The summed E-state index contributed by atoms with van der Waals surface area (Å²) in [5.74, 6) is -1.52. The number of aliphatic hydroxyl groups excluding tert-OH is 2. The van der Waals surface area contributed by atoms with Crippen LogP contribution in [-0.4, -0.2) is 32.4 Å². The summed E-state index contributed by atoms with van der Waals surface area (Å²) in [7, 11) is 0. The Bertz CT molecular complexity index is 644. The first kappa shape index (κ1) is 13.7. The summed E-state index contributed by atoms with van der Waals surface area (Å²) in [6, 6.07) is 6.99. The molecule has 0 amide bonds. The second-order valence-corrected chi connectivity index (χ2v) is 4.60. The zero-order valence-electron chi connectivity index (χ0n) is 10.0. The van der Waals surface area contributed by atoms with Gasteiger partial charge in [-0.05, 0) is 18.6 Å². The van der Waals surface area contributed by atoms with Gasteiger partial charge in [-0.15, -0.1) is 0 Å². The van der Waals surface area contributed by atoms with Crippen LogP contribution in [0.1, 0.15) is 17.2 Å². The zero-order valence-corrected chi connectivity index (χ0v) is 10.8. The van der Waals surface area contributed by atoms with Gasteiger partial charge in [-0.2, -0.15) is 0 Å². The molecule has 0 fully saturated rings. The van der Waals surface area contributed by atoms with Crippen molar-refractivity contribution in [3.05, 3.63) is 40.5 Å². The van der Waals surface area contributed by atoms with E-state index in [2.05, 4.69) is 4.98 Å². The largest absolute Gasteiger partial charge is 0.479 e. The van der Waals surface area contributed by atoms with Crippen molar-refractivity contribution in [2.24, 2.45) is 0 Å². The Morgan fingerprint density at radius 1 is 1.37 bits per heavy atom. The first-order chi connectivity index (χ1) is 8.91. The van der Waals surface area contributed by atoms with Gasteiger partial charge < -0.3 is 15.3 Å². The average Bonchev–Trinajstić information content (AvgIpc) is 2.37. The van der Waals surface area contributed by atoms with E-state index < -0.39 is 18.2 Å². The van der Waals surface area contributed by atoms with E-state index in [0.717, 1.165) is 10.9 Å². The van der Waals surface area contributed by atoms with Gasteiger partial charge in [0.1, 0.15) is 11.3 Å². The minimum absolute atomic E-state index is 0.0189. The number of carbonyl (C=O) groups is 1.